The van der Waals surface area contributed by atoms with Crippen LogP contribution in [-0.4, -0.2) is 14.5 Å². The minimum atomic E-state index is -0.104. The summed E-state index contributed by atoms with van der Waals surface area (Å²) in [6.07, 6.45) is 1.92. The highest BCUT2D eigenvalue weighted by Gasteiger charge is 2.26. The molecule has 6 aromatic carbocycles. The Bertz CT molecular complexity index is 2950. The lowest BCUT2D eigenvalue weighted by molar-refractivity contribution is 0.560. The lowest BCUT2D eigenvalue weighted by Gasteiger charge is -2.28. The predicted octanol–water partition coefficient (Wildman–Crippen LogP) is 14.8. The number of aromatic nitrogens is 3. The Balaban J connectivity index is 1.23. The van der Waals surface area contributed by atoms with E-state index < -0.39 is 0 Å². The van der Waals surface area contributed by atoms with Gasteiger partial charge in [0.2, 0.25) is 0 Å². The van der Waals surface area contributed by atoms with E-state index in [9.17, 15) is 0 Å². The van der Waals surface area contributed by atoms with Crippen LogP contribution in [-0.2, 0) is 10.8 Å². The summed E-state index contributed by atoms with van der Waals surface area (Å²) in [4.78, 5) is 11.4. The average Bonchev–Trinajstić information content (AvgIpc) is 3.57. The molecular formula is C54H47N3S. The second kappa shape index (κ2) is 14.6. The summed E-state index contributed by atoms with van der Waals surface area (Å²) in [5, 5.41) is 2.34. The SMILES string of the molecule is CC(C)(C)c1cc(-c2cc(-c3ccccc3)cc(-n3c4ccccc4c4ccc(-c5cc(-c6ccc(-c7ccccc7)cc6)ccn5)cc43)n2)c(S)c(C(C)(C)C)c1. The highest BCUT2D eigenvalue weighted by molar-refractivity contribution is 7.80. The van der Waals surface area contributed by atoms with Crippen LogP contribution < -0.4 is 0 Å². The number of benzene rings is 6. The van der Waals surface area contributed by atoms with E-state index in [1.165, 1.54) is 33.0 Å². The molecule has 0 unspecified atom stereocenters. The highest BCUT2D eigenvalue weighted by Crippen LogP contribution is 2.42. The number of pyridine rings is 2. The molecule has 0 aliphatic heterocycles. The van der Waals surface area contributed by atoms with Crippen LogP contribution >= 0.6 is 12.6 Å². The molecule has 0 spiro atoms. The van der Waals surface area contributed by atoms with Crippen LogP contribution in [0.25, 0.3) is 83.5 Å². The van der Waals surface area contributed by atoms with E-state index in [4.69, 9.17) is 22.6 Å². The number of hydrogen-bond donors (Lipinski definition) is 1. The molecular weight excluding hydrogens is 723 g/mol. The van der Waals surface area contributed by atoms with Crippen LogP contribution in [0.2, 0.25) is 0 Å². The number of fused-ring (bicyclic) bond motifs is 3. The molecule has 0 fully saturated rings. The van der Waals surface area contributed by atoms with E-state index in [0.717, 1.165) is 66.5 Å². The summed E-state index contributed by atoms with van der Waals surface area (Å²) in [6.45, 7) is 13.6. The van der Waals surface area contributed by atoms with Crippen molar-refractivity contribution in [1.29, 1.82) is 0 Å². The van der Waals surface area contributed by atoms with Gasteiger partial charge in [-0.15, -0.1) is 12.6 Å². The molecule has 284 valence electrons. The number of nitrogens with zero attached hydrogens (tertiary/aromatic N) is 3. The zero-order valence-electron chi connectivity index (χ0n) is 34.0. The lowest BCUT2D eigenvalue weighted by Crippen LogP contribution is -2.17. The Labute approximate surface area is 347 Å². The van der Waals surface area contributed by atoms with Crippen LogP contribution in [0.15, 0.2) is 175 Å². The normalized spacial score (nSPS) is 12.1. The van der Waals surface area contributed by atoms with Crippen molar-refractivity contribution in [3.05, 3.63) is 181 Å². The molecule has 3 aromatic heterocycles. The van der Waals surface area contributed by atoms with Gasteiger partial charge in [0.1, 0.15) is 5.82 Å². The van der Waals surface area contributed by atoms with Crippen LogP contribution in [0.1, 0.15) is 52.7 Å². The van der Waals surface area contributed by atoms with Crippen molar-refractivity contribution >= 4 is 34.4 Å². The van der Waals surface area contributed by atoms with Crippen molar-refractivity contribution in [3.63, 3.8) is 0 Å². The fourth-order valence-electron chi connectivity index (χ4n) is 8.03. The molecule has 0 N–H and O–H groups in total. The largest absolute Gasteiger partial charge is 0.294 e. The molecule has 9 rings (SSSR count). The Morgan fingerprint density at radius 2 is 1.02 bits per heavy atom. The van der Waals surface area contributed by atoms with Crippen LogP contribution in [0.5, 0.6) is 0 Å². The minimum absolute atomic E-state index is 0.0592. The molecule has 3 heterocycles. The average molecular weight is 770 g/mol. The van der Waals surface area contributed by atoms with Crippen molar-refractivity contribution in [1.82, 2.24) is 14.5 Å². The topological polar surface area (TPSA) is 30.7 Å². The van der Waals surface area contributed by atoms with Crippen LogP contribution in [0.4, 0.5) is 0 Å². The number of rotatable bonds is 6. The van der Waals surface area contributed by atoms with E-state index in [0.29, 0.717) is 0 Å². The Kier molecular flexibility index (Phi) is 9.41. The lowest BCUT2D eigenvalue weighted by atomic mass is 9.79. The van der Waals surface area contributed by atoms with Gasteiger partial charge in [0.05, 0.1) is 22.4 Å². The van der Waals surface area contributed by atoms with Crippen molar-refractivity contribution in [2.45, 2.75) is 57.3 Å². The van der Waals surface area contributed by atoms with Gasteiger partial charge >= 0.3 is 0 Å². The fraction of sp³-hybridized carbons (Fsp3) is 0.148. The summed E-state index contributed by atoms with van der Waals surface area (Å²) in [7, 11) is 0. The number of hydrogen-bond acceptors (Lipinski definition) is 3. The van der Waals surface area contributed by atoms with Gasteiger partial charge < -0.3 is 0 Å². The number of para-hydroxylation sites is 1. The van der Waals surface area contributed by atoms with Gasteiger partial charge in [0, 0.05) is 33.0 Å². The molecule has 3 nitrogen and oxygen atoms in total. The highest BCUT2D eigenvalue weighted by atomic mass is 32.1. The third-order valence-electron chi connectivity index (χ3n) is 11.3. The molecule has 0 aliphatic rings. The van der Waals surface area contributed by atoms with E-state index >= 15 is 0 Å². The fourth-order valence-corrected chi connectivity index (χ4v) is 8.61. The minimum Gasteiger partial charge on any atom is -0.294 e. The van der Waals surface area contributed by atoms with E-state index in [1.54, 1.807) is 0 Å². The first-order chi connectivity index (χ1) is 27.9. The molecule has 0 saturated carbocycles. The number of thiol groups is 1. The second-order valence-corrected chi connectivity index (χ2v) is 17.8. The molecule has 0 amide bonds. The molecule has 0 aliphatic carbocycles. The summed E-state index contributed by atoms with van der Waals surface area (Å²) in [5.41, 5.74) is 15.3. The van der Waals surface area contributed by atoms with Gasteiger partial charge in [-0.05, 0) is 97.8 Å². The molecule has 0 saturated heterocycles. The van der Waals surface area contributed by atoms with Gasteiger partial charge in [-0.2, -0.15) is 0 Å². The smallest absolute Gasteiger partial charge is 0.138 e. The standard InChI is InChI=1S/C54H47N3S/c1-53(2,3)42-33-45(52(58)46(34-42)54(4,5)6)48-30-41(36-17-11-8-12-18-36)32-51(56-48)57-49-20-14-13-19-43(49)44-26-25-40(31-50(44)57)47-29-39(27-28-55-47)38-23-21-37(22-24-38)35-15-9-7-10-16-35/h7-34,58H,1-6H3. The van der Waals surface area contributed by atoms with Crippen LogP contribution in [0.3, 0.4) is 0 Å². The van der Waals surface area contributed by atoms with Gasteiger partial charge in [0.15, 0.2) is 0 Å². The van der Waals surface area contributed by atoms with Crippen molar-refractivity contribution in [2.24, 2.45) is 0 Å². The maximum Gasteiger partial charge on any atom is 0.138 e. The first-order valence-corrected chi connectivity index (χ1v) is 20.5. The third-order valence-corrected chi connectivity index (χ3v) is 11.7. The van der Waals surface area contributed by atoms with E-state index in [-0.39, 0.29) is 10.8 Å². The van der Waals surface area contributed by atoms with Crippen molar-refractivity contribution < 1.29 is 0 Å². The molecule has 4 heteroatoms. The summed E-state index contributed by atoms with van der Waals surface area (Å²) >= 11 is 5.26. The monoisotopic (exact) mass is 769 g/mol. The Morgan fingerprint density at radius 1 is 0.448 bits per heavy atom. The Morgan fingerprint density at radius 3 is 1.69 bits per heavy atom. The summed E-state index contributed by atoms with van der Waals surface area (Å²) in [5.74, 6) is 0.853. The second-order valence-electron chi connectivity index (χ2n) is 17.3. The summed E-state index contributed by atoms with van der Waals surface area (Å²) < 4.78 is 2.33. The van der Waals surface area contributed by atoms with Gasteiger partial charge in [0.25, 0.3) is 0 Å². The summed E-state index contributed by atoms with van der Waals surface area (Å²) in [6, 6.07) is 58.6. The molecule has 9 aromatic rings. The molecule has 0 atom stereocenters. The van der Waals surface area contributed by atoms with Gasteiger partial charge in [-0.1, -0.05) is 163 Å². The zero-order chi connectivity index (χ0) is 40.2. The first kappa shape index (κ1) is 37.4. The predicted molar refractivity (Wildman–Crippen MR) is 248 cm³/mol. The maximum atomic E-state index is 5.56. The van der Waals surface area contributed by atoms with E-state index in [2.05, 4.69) is 210 Å². The third kappa shape index (κ3) is 7.03. The van der Waals surface area contributed by atoms with Gasteiger partial charge in [-0.3, -0.25) is 9.55 Å². The van der Waals surface area contributed by atoms with Crippen molar-refractivity contribution in [3.8, 4) is 61.7 Å². The zero-order valence-corrected chi connectivity index (χ0v) is 34.8. The van der Waals surface area contributed by atoms with E-state index in [1.807, 2.05) is 6.20 Å². The molecule has 58 heavy (non-hydrogen) atoms. The quantitative estimate of drug-likeness (QED) is 0.171. The Hall–Kier alpha value is -6.23. The van der Waals surface area contributed by atoms with Crippen molar-refractivity contribution in [2.75, 3.05) is 0 Å². The maximum absolute atomic E-state index is 5.56. The van der Waals surface area contributed by atoms with Gasteiger partial charge in [-0.25, -0.2) is 4.98 Å². The molecule has 0 radical (unpaired) electrons. The molecule has 0 bridgehead atoms. The van der Waals surface area contributed by atoms with Crippen LogP contribution in [0, 0.1) is 0 Å². The first-order valence-electron chi connectivity index (χ1n) is 20.0.